The maximum absolute atomic E-state index is 12.9. The molecule has 0 saturated carbocycles. The third-order valence-electron chi connectivity index (χ3n) is 5.11. The number of nitrogens with zero attached hydrogens (tertiary/aromatic N) is 1. The molecule has 0 amide bonds. The molecule has 0 bridgehead atoms. The van der Waals surface area contributed by atoms with E-state index in [2.05, 4.69) is 9.88 Å². The second-order valence-electron chi connectivity index (χ2n) is 6.78. The van der Waals surface area contributed by atoms with Gasteiger partial charge in [0.1, 0.15) is 0 Å². The summed E-state index contributed by atoms with van der Waals surface area (Å²) in [6, 6.07) is -0.292. The predicted octanol–water partition coefficient (Wildman–Crippen LogP) is 2.68. The summed E-state index contributed by atoms with van der Waals surface area (Å²) in [4.78, 5) is 41.7. The number of aryl methyl sites for hydroxylation is 1. The third-order valence-corrected chi connectivity index (χ3v) is 5.11. The van der Waals surface area contributed by atoms with Gasteiger partial charge < -0.3 is 9.72 Å². The summed E-state index contributed by atoms with van der Waals surface area (Å²) >= 11 is 0. The van der Waals surface area contributed by atoms with Crippen molar-refractivity contribution in [3.63, 3.8) is 0 Å². The van der Waals surface area contributed by atoms with Crippen LogP contribution < -0.4 is 0 Å². The topological polar surface area (TPSA) is 79.5 Å². The van der Waals surface area contributed by atoms with Crippen LogP contribution in [0.4, 0.5) is 0 Å². The molecule has 2 heterocycles. The lowest BCUT2D eigenvalue weighted by molar-refractivity contribution is -0.149. The Morgan fingerprint density at radius 3 is 2.32 bits per heavy atom. The van der Waals surface area contributed by atoms with Crippen LogP contribution in [-0.2, 0) is 9.53 Å². The van der Waals surface area contributed by atoms with Crippen molar-refractivity contribution in [3.05, 3.63) is 22.5 Å². The van der Waals surface area contributed by atoms with Crippen molar-refractivity contribution in [1.82, 2.24) is 9.88 Å². The Bertz CT molecular complexity index is 669. The highest BCUT2D eigenvalue weighted by Gasteiger charge is 2.32. The molecule has 1 aliphatic rings. The molecule has 0 unspecified atom stereocenters. The number of piperidine rings is 1. The number of ketones is 2. The van der Waals surface area contributed by atoms with Gasteiger partial charge in [-0.15, -0.1) is 0 Å². The van der Waals surface area contributed by atoms with Crippen molar-refractivity contribution in [2.24, 2.45) is 5.92 Å². The summed E-state index contributed by atoms with van der Waals surface area (Å²) in [5.74, 6) is -0.253. The highest BCUT2D eigenvalue weighted by atomic mass is 16.5. The summed E-state index contributed by atoms with van der Waals surface area (Å²) in [5.41, 5.74) is 2.59. The smallest absolute Gasteiger partial charge is 0.309 e. The number of likely N-dealkylation sites (tertiary alicyclic amines) is 1. The average Bonchev–Trinajstić information content (AvgIpc) is 2.88. The summed E-state index contributed by atoms with van der Waals surface area (Å²) in [7, 11) is 0. The maximum Gasteiger partial charge on any atom is 0.309 e. The first kappa shape index (κ1) is 19.4. The minimum absolute atomic E-state index is 0.0114. The molecule has 0 aromatic carbocycles. The van der Waals surface area contributed by atoms with E-state index >= 15 is 0 Å². The molecule has 138 valence electrons. The lowest BCUT2D eigenvalue weighted by atomic mass is 9.94. The van der Waals surface area contributed by atoms with Crippen LogP contribution in [-0.4, -0.2) is 53.2 Å². The van der Waals surface area contributed by atoms with Crippen LogP contribution in [0, 0.1) is 19.8 Å². The van der Waals surface area contributed by atoms with E-state index in [-0.39, 0.29) is 29.5 Å². The predicted molar refractivity (Wildman–Crippen MR) is 95.0 cm³/mol. The van der Waals surface area contributed by atoms with Gasteiger partial charge in [-0.3, -0.25) is 19.3 Å². The molecule has 1 saturated heterocycles. The van der Waals surface area contributed by atoms with Gasteiger partial charge in [-0.2, -0.15) is 0 Å². The van der Waals surface area contributed by atoms with Crippen molar-refractivity contribution in [1.29, 1.82) is 0 Å². The van der Waals surface area contributed by atoms with Crippen LogP contribution in [0.1, 0.15) is 65.7 Å². The van der Waals surface area contributed by atoms with Crippen molar-refractivity contribution < 1.29 is 19.1 Å². The Hall–Kier alpha value is -1.95. The van der Waals surface area contributed by atoms with E-state index in [0.717, 1.165) is 11.3 Å². The minimum Gasteiger partial charge on any atom is -0.466 e. The van der Waals surface area contributed by atoms with E-state index in [1.165, 1.54) is 6.92 Å². The number of H-pyrrole nitrogens is 1. The molecule has 1 atom stereocenters. The quantitative estimate of drug-likeness (QED) is 0.631. The Balaban J connectivity index is 2.06. The van der Waals surface area contributed by atoms with E-state index in [9.17, 15) is 14.4 Å². The van der Waals surface area contributed by atoms with Crippen molar-refractivity contribution in [2.45, 2.75) is 53.5 Å². The molecule has 0 aliphatic carbocycles. The van der Waals surface area contributed by atoms with Gasteiger partial charge in [0, 0.05) is 11.3 Å². The van der Waals surface area contributed by atoms with Crippen LogP contribution in [0.5, 0.6) is 0 Å². The normalized spacial score (nSPS) is 17.3. The molecule has 1 aromatic rings. The SMILES string of the molecule is CCOC(=O)C1CCN([C@@H](C)C(=O)c2[nH]c(C)c(C(C)=O)c2C)CC1. The number of esters is 1. The van der Waals surface area contributed by atoms with Gasteiger partial charge in [0.05, 0.1) is 24.3 Å². The number of nitrogens with one attached hydrogen (secondary N) is 1. The fraction of sp³-hybridized carbons (Fsp3) is 0.632. The molecular formula is C19H28N2O4. The number of aromatic nitrogens is 1. The Kier molecular flexibility index (Phi) is 6.16. The number of hydrogen-bond donors (Lipinski definition) is 1. The fourth-order valence-electron chi connectivity index (χ4n) is 3.68. The maximum atomic E-state index is 12.9. The van der Waals surface area contributed by atoms with E-state index in [1.54, 1.807) is 0 Å². The standard InChI is InChI=1S/C19H28N2O4/c1-6-25-19(24)15-7-9-21(10-8-15)13(4)18(23)17-11(2)16(14(5)22)12(3)20-17/h13,15,20H,6-10H2,1-5H3/t13-/m0/s1. The van der Waals surface area contributed by atoms with Crippen LogP contribution in [0.15, 0.2) is 0 Å². The molecule has 0 spiro atoms. The number of aromatic amines is 1. The number of carbonyl (C=O) groups is 3. The van der Waals surface area contributed by atoms with Gasteiger partial charge >= 0.3 is 5.97 Å². The third kappa shape index (κ3) is 4.00. The lowest BCUT2D eigenvalue weighted by Gasteiger charge is -2.34. The second-order valence-corrected chi connectivity index (χ2v) is 6.78. The number of ether oxygens (including phenoxy) is 1. The number of carbonyl (C=O) groups excluding carboxylic acids is 3. The Morgan fingerprint density at radius 2 is 1.84 bits per heavy atom. The Morgan fingerprint density at radius 1 is 1.24 bits per heavy atom. The monoisotopic (exact) mass is 348 g/mol. The van der Waals surface area contributed by atoms with Gasteiger partial charge in [-0.05, 0) is 66.1 Å². The summed E-state index contributed by atoms with van der Waals surface area (Å²) < 4.78 is 5.09. The number of Topliss-reactive ketones (excluding diaryl/α,β-unsaturated/α-hetero) is 2. The minimum atomic E-state index is -0.292. The zero-order valence-electron chi connectivity index (χ0n) is 15.8. The van der Waals surface area contributed by atoms with E-state index in [0.29, 0.717) is 43.8 Å². The second kappa shape index (κ2) is 7.95. The molecule has 0 radical (unpaired) electrons. The molecule has 6 nitrogen and oxygen atoms in total. The van der Waals surface area contributed by atoms with Crippen molar-refractivity contribution >= 4 is 17.5 Å². The summed E-state index contributed by atoms with van der Waals surface area (Å²) in [6.45, 7) is 10.6. The first-order valence-electron chi connectivity index (χ1n) is 8.92. The zero-order chi connectivity index (χ0) is 18.7. The molecule has 6 heteroatoms. The number of hydrogen-bond acceptors (Lipinski definition) is 5. The van der Waals surface area contributed by atoms with Gasteiger partial charge in [-0.1, -0.05) is 0 Å². The fourth-order valence-corrected chi connectivity index (χ4v) is 3.68. The molecule has 1 N–H and O–H groups in total. The largest absolute Gasteiger partial charge is 0.466 e. The first-order chi connectivity index (χ1) is 11.8. The number of rotatable bonds is 6. The highest BCUT2D eigenvalue weighted by molar-refractivity contribution is 6.05. The molecular weight excluding hydrogens is 320 g/mol. The van der Waals surface area contributed by atoms with Crippen LogP contribution in [0.25, 0.3) is 0 Å². The molecule has 1 fully saturated rings. The van der Waals surface area contributed by atoms with Crippen molar-refractivity contribution in [2.75, 3.05) is 19.7 Å². The Labute approximate surface area is 148 Å². The summed E-state index contributed by atoms with van der Waals surface area (Å²) in [6.07, 6.45) is 1.41. The van der Waals surface area contributed by atoms with Crippen LogP contribution >= 0.6 is 0 Å². The molecule has 1 aliphatic heterocycles. The van der Waals surface area contributed by atoms with Crippen molar-refractivity contribution in [3.8, 4) is 0 Å². The molecule has 2 rings (SSSR count). The van der Waals surface area contributed by atoms with E-state index in [4.69, 9.17) is 4.74 Å². The first-order valence-corrected chi connectivity index (χ1v) is 8.92. The zero-order valence-corrected chi connectivity index (χ0v) is 15.8. The van der Waals surface area contributed by atoms with Gasteiger partial charge in [0.25, 0.3) is 0 Å². The molecule has 25 heavy (non-hydrogen) atoms. The average molecular weight is 348 g/mol. The van der Waals surface area contributed by atoms with E-state index < -0.39 is 0 Å². The van der Waals surface area contributed by atoms with Gasteiger partial charge in [0.2, 0.25) is 0 Å². The molecule has 1 aromatic heterocycles. The van der Waals surface area contributed by atoms with E-state index in [1.807, 2.05) is 27.7 Å². The highest BCUT2D eigenvalue weighted by Crippen LogP contribution is 2.24. The lowest BCUT2D eigenvalue weighted by Crippen LogP contribution is -2.45. The van der Waals surface area contributed by atoms with Crippen LogP contribution in [0.3, 0.4) is 0 Å². The van der Waals surface area contributed by atoms with Crippen LogP contribution in [0.2, 0.25) is 0 Å². The van der Waals surface area contributed by atoms with Gasteiger partial charge in [0.15, 0.2) is 11.6 Å². The van der Waals surface area contributed by atoms with Gasteiger partial charge in [-0.25, -0.2) is 0 Å². The summed E-state index contributed by atoms with van der Waals surface area (Å²) in [5, 5.41) is 0.